The number of rotatable bonds is 3. The highest BCUT2D eigenvalue weighted by Gasteiger charge is 2.40. The number of aromatic nitrogens is 2. The zero-order chi connectivity index (χ0) is 15.9. The molecule has 23 heavy (non-hydrogen) atoms. The number of hydrogen-bond acceptors (Lipinski definition) is 3. The molecule has 6 heteroatoms. The van der Waals surface area contributed by atoms with E-state index >= 15 is 0 Å². The Bertz CT molecular complexity index is 543. The second kappa shape index (κ2) is 7.22. The van der Waals surface area contributed by atoms with E-state index in [1.165, 1.54) is 19.3 Å². The average Bonchev–Trinajstić information content (AvgIpc) is 2.82. The third-order valence-corrected chi connectivity index (χ3v) is 5.40. The monoisotopic (exact) mass is 340 g/mol. The average molecular weight is 341 g/mol. The largest absolute Gasteiger partial charge is 0.347 e. The van der Waals surface area contributed by atoms with Crippen LogP contribution in [0.25, 0.3) is 0 Å². The first kappa shape index (κ1) is 18.3. The minimum absolute atomic E-state index is 0. The van der Waals surface area contributed by atoms with Crippen LogP contribution < -0.4 is 11.1 Å². The number of nitrogens with one attached hydrogen (secondary N) is 1. The number of fused-ring (bicyclic) bond motifs is 2. The van der Waals surface area contributed by atoms with Crippen molar-refractivity contribution in [1.82, 2.24) is 15.1 Å². The summed E-state index contributed by atoms with van der Waals surface area (Å²) in [5.41, 5.74) is 7.80. The van der Waals surface area contributed by atoms with Crippen molar-refractivity contribution in [1.29, 1.82) is 0 Å². The van der Waals surface area contributed by atoms with E-state index in [9.17, 15) is 4.79 Å². The van der Waals surface area contributed by atoms with Gasteiger partial charge in [-0.05, 0) is 49.5 Å². The smallest absolute Gasteiger partial charge is 0.269 e. The summed E-state index contributed by atoms with van der Waals surface area (Å²) in [6.07, 6.45) is 5.75. The number of nitrogens with zero attached hydrogens (tertiary/aromatic N) is 2. The summed E-state index contributed by atoms with van der Waals surface area (Å²) in [5, 5.41) is 7.74. The van der Waals surface area contributed by atoms with E-state index in [1.54, 1.807) is 4.68 Å². The van der Waals surface area contributed by atoms with Crippen molar-refractivity contribution in [3.05, 3.63) is 17.5 Å². The van der Waals surface area contributed by atoms with Crippen molar-refractivity contribution in [2.45, 2.75) is 64.0 Å². The number of halogens is 1. The molecule has 3 N–H and O–H groups in total. The lowest BCUT2D eigenvalue weighted by Crippen LogP contribution is -2.53. The van der Waals surface area contributed by atoms with Crippen molar-refractivity contribution in [2.75, 3.05) is 0 Å². The topological polar surface area (TPSA) is 72.9 Å². The highest BCUT2D eigenvalue weighted by molar-refractivity contribution is 5.93. The fourth-order valence-electron chi connectivity index (χ4n) is 4.23. The lowest BCUT2D eigenvalue weighted by atomic mass is 9.67. The molecule has 1 heterocycles. The molecule has 1 amide bonds. The number of amides is 1. The summed E-state index contributed by atoms with van der Waals surface area (Å²) in [7, 11) is 1.85. The highest BCUT2D eigenvalue weighted by Crippen LogP contribution is 2.39. The van der Waals surface area contributed by atoms with Gasteiger partial charge in [0.1, 0.15) is 5.69 Å². The quantitative estimate of drug-likeness (QED) is 0.888. The Morgan fingerprint density at radius 2 is 1.96 bits per heavy atom. The summed E-state index contributed by atoms with van der Waals surface area (Å²) in [6, 6.07) is 2.52. The van der Waals surface area contributed by atoms with E-state index in [1.807, 2.05) is 13.1 Å². The van der Waals surface area contributed by atoms with Crippen LogP contribution in [0.2, 0.25) is 0 Å². The van der Waals surface area contributed by atoms with Crippen LogP contribution in [-0.2, 0) is 7.05 Å². The fourth-order valence-corrected chi connectivity index (χ4v) is 4.23. The molecule has 2 aliphatic rings. The molecule has 2 atom stereocenters. The van der Waals surface area contributed by atoms with Gasteiger partial charge in [0.2, 0.25) is 0 Å². The molecule has 3 rings (SSSR count). The van der Waals surface area contributed by atoms with E-state index in [0.29, 0.717) is 35.5 Å². The first-order valence-electron chi connectivity index (χ1n) is 8.56. The SMILES string of the molecule is CC(C)c1cc(C(=O)NC2C3CCCC2CC(N)C3)n(C)n1.Cl. The van der Waals surface area contributed by atoms with Crippen LogP contribution in [-0.4, -0.2) is 27.8 Å². The van der Waals surface area contributed by atoms with Crippen LogP contribution >= 0.6 is 12.4 Å². The van der Waals surface area contributed by atoms with Gasteiger partial charge in [0.05, 0.1) is 5.69 Å². The van der Waals surface area contributed by atoms with Gasteiger partial charge in [0.25, 0.3) is 5.91 Å². The number of aryl methyl sites for hydroxylation is 1. The maximum atomic E-state index is 12.7. The normalized spacial score (nSPS) is 30.0. The molecule has 0 saturated heterocycles. The van der Waals surface area contributed by atoms with Crippen molar-refractivity contribution in [2.24, 2.45) is 24.6 Å². The molecule has 1 aromatic heterocycles. The molecule has 0 aliphatic heterocycles. The maximum Gasteiger partial charge on any atom is 0.269 e. The summed E-state index contributed by atoms with van der Waals surface area (Å²) in [4.78, 5) is 12.7. The highest BCUT2D eigenvalue weighted by atomic mass is 35.5. The Morgan fingerprint density at radius 1 is 1.35 bits per heavy atom. The van der Waals surface area contributed by atoms with Gasteiger partial charge in [0, 0.05) is 19.1 Å². The predicted octanol–water partition coefficient (Wildman–Crippen LogP) is 2.60. The van der Waals surface area contributed by atoms with Crippen LogP contribution in [0.1, 0.15) is 68.1 Å². The van der Waals surface area contributed by atoms with E-state index in [0.717, 1.165) is 18.5 Å². The number of hydrogen-bond donors (Lipinski definition) is 2. The molecule has 5 nitrogen and oxygen atoms in total. The third kappa shape index (κ3) is 3.72. The van der Waals surface area contributed by atoms with Crippen molar-refractivity contribution in [3.8, 4) is 0 Å². The van der Waals surface area contributed by atoms with Crippen molar-refractivity contribution >= 4 is 18.3 Å². The van der Waals surface area contributed by atoms with Gasteiger partial charge < -0.3 is 11.1 Å². The van der Waals surface area contributed by atoms with Gasteiger partial charge in [-0.25, -0.2) is 0 Å². The summed E-state index contributed by atoms with van der Waals surface area (Å²) in [6.45, 7) is 4.19. The molecule has 2 bridgehead atoms. The second-order valence-corrected chi connectivity index (χ2v) is 7.41. The Kier molecular flexibility index (Phi) is 5.74. The molecule has 2 saturated carbocycles. The molecule has 2 fully saturated rings. The van der Waals surface area contributed by atoms with Crippen LogP contribution in [0, 0.1) is 11.8 Å². The Labute approximate surface area is 144 Å². The minimum atomic E-state index is 0. The fraction of sp³-hybridized carbons (Fsp3) is 0.765. The summed E-state index contributed by atoms with van der Waals surface area (Å²) < 4.78 is 1.70. The van der Waals surface area contributed by atoms with E-state index in [-0.39, 0.29) is 18.3 Å². The lowest BCUT2D eigenvalue weighted by molar-refractivity contribution is 0.0748. The second-order valence-electron chi connectivity index (χ2n) is 7.41. The first-order valence-corrected chi connectivity index (χ1v) is 8.56. The van der Waals surface area contributed by atoms with Crippen LogP contribution in [0.4, 0.5) is 0 Å². The van der Waals surface area contributed by atoms with Gasteiger partial charge in [0.15, 0.2) is 0 Å². The zero-order valence-electron chi connectivity index (χ0n) is 14.3. The van der Waals surface area contributed by atoms with E-state index < -0.39 is 0 Å². The Balaban J connectivity index is 0.00000192. The van der Waals surface area contributed by atoms with Crippen LogP contribution in [0.5, 0.6) is 0 Å². The van der Waals surface area contributed by atoms with E-state index in [2.05, 4.69) is 24.3 Å². The zero-order valence-corrected chi connectivity index (χ0v) is 15.1. The lowest BCUT2D eigenvalue weighted by Gasteiger charge is -2.45. The van der Waals surface area contributed by atoms with Gasteiger partial charge in [-0.3, -0.25) is 9.48 Å². The van der Waals surface area contributed by atoms with Gasteiger partial charge in [-0.15, -0.1) is 12.4 Å². The first-order chi connectivity index (χ1) is 10.5. The maximum absolute atomic E-state index is 12.7. The standard InChI is InChI=1S/C17H28N4O.ClH/c1-10(2)14-9-15(21(3)20-14)17(22)19-16-11-5-4-6-12(16)8-13(18)7-11;/h9-13,16H,4-8,18H2,1-3H3,(H,19,22);1H. The summed E-state index contributed by atoms with van der Waals surface area (Å²) in [5.74, 6) is 1.44. The molecule has 0 spiro atoms. The Morgan fingerprint density at radius 3 is 2.48 bits per heavy atom. The number of nitrogens with two attached hydrogens (primary N) is 1. The molecule has 2 unspecified atom stereocenters. The van der Waals surface area contributed by atoms with E-state index in [4.69, 9.17) is 5.73 Å². The van der Waals surface area contributed by atoms with Gasteiger partial charge in [-0.1, -0.05) is 20.3 Å². The van der Waals surface area contributed by atoms with Crippen molar-refractivity contribution < 1.29 is 4.79 Å². The molecule has 130 valence electrons. The Hall–Kier alpha value is -1.07. The molecular formula is C17H29ClN4O. The van der Waals surface area contributed by atoms with Gasteiger partial charge >= 0.3 is 0 Å². The molecule has 2 aliphatic carbocycles. The molecule has 1 aromatic rings. The molecular weight excluding hydrogens is 312 g/mol. The summed E-state index contributed by atoms with van der Waals surface area (Å²) >= 11 is 0. The minimum Gasteiger partial charge on any atom is -0.347 e. The van der Waals surface area contributed by atoms with Gasteiger partial charge in [-0.2, -0.15) is 5.10 Å². The predicted molar refractivity (Wildman–Crippen MR) is 93.8 cm³/mol. The van der Waals surface area contributed by atoms with Crippen molar-refractivity contribution in [3.63, 3.8) is 0 Å². The molecule has 0 radical (unpaired) electrons. The third-order valence-electron chi connectivity index (χ3n) is 5.40. The number of carbonyl (C=O) groups excluding carboxylic acids is 1. The number of carbonyl (C=O) groups is 1. The van der Waals surface area contributed by atoms with Crippen LogP contribution in [0.15, 0.2) is 6.07 Å². The van der Waals surface area contributed by atoms with Crippen LogP contribution in [0.3, 0.4) is 0 Å². The molecule has 0 aromatic carbocycles.